The number of likely N-dealkylation sites (tertiary alicyclic amines) is 1. The van der Waals surface area contributed by atoms with Gasteiger partial charge in [-0.25, -0.2) is 4.79 Å². The quantitative estimate of drug-likeness (QED) is 0.912. The minimum Gasteiger partial charge on any atom is -0.331 e. The average Bonchev–Trinajstić information content (AvgIpc) is 3.02. The topological polar surface area (TPSA) is 50.2 Å². The first-order valence-corrected chi connectivity index (χ1v) is 8.62. The molecule has 2 heterocycles. The van der Waals surface area contributed by atoms with Crippen LogP contribution in [-0.2, 0) is 7.05 Å². The lowest BCUT2D eigenvalue weighted by molar-refractivity contribution is 0.191. The van der Waals surface area contributed by atoms with Gasteiger partial charge in [-0.05, 0) is 31.6 Å². The van der Waals surface area contributed by atoms with E-state index in [1.54, 1.807) is 4.68 Å². The lowest BCUT2D eigenvalue weighted by atomic mass is 9.80. The number of hydrogen-bond acceptors (Lipinski definition) is 2. The molecule has 122 valence electrons. The van der Waals surface area contributed by atoms with Crippen LogP contribution in [0.5, 0.6) is 0 Å². The second kappa shape index (κ2) is 6.31. The van der Waals surface area contributed by atoms with Crippen molar-refractivity contribution in [2.75, 3.05) is 13.1 Å². The molecule has 0 radical (unpaired) electrons. The summed E-state index contributed by atoms with van der Waals surface area (Å²) in [5.74, 6) is 0. The molecule has 2 aliphatic rings. The number of urea groups is 1. The van der Waals surface area contributed by atoms with E-state index in [4.69, 9.17) is 0 Å². The SMILES string of the molecule is CC(NC(=O)N1CCC2(CCCCCC2)C1)c1cnn(C)c1. The average molecular weight is 304 g/mol. The fourth-order valence-corrected chi connectivity index (χ4v) is 4.02. The zero-order valence-corrected chi connectivity index (χ0v) is 13.8. The highest BCUT2D eigenvalue weighted by atomic mass is 16.2. The standard InChI is InChI=1S/C17H28N4O/c1-14(15-11-18-20(2)12-15)19-16(22)21-10-9-17(13-21)7-5-3-4-6-8-17/h11-12,14H,3-10,13H2,1-2H3,(H,19,22). The number of rotatable bonds is 2. The van der Waals surface area contributed by atoms with Gasteiger partial charge in [-0.2, -0.15) is 5.10 Å². The normalized spacial score (nSPS) is 22.5. The maximum Gasteiger partial charge on any atom is 0.317 e. The summed E-state index contributed by atoms with van der Waals surface area (Å²) in [4.78, 5) is 14.6. The molecule has 2 amide bonds. The van der Waals surface area contributed by atoms with Crippen molar-refractivity contribution in [3.05, 3.63) is 18.0 Å². The Morgan fingerprint density at radius 1 is 1.27 bits per heavy atom. The summed E-state index contributed by atoms with van der Waals surface area (Å²) in [5, 5.41) is 7.30. The monoisotopic (exact) mass is 304 g/mol. The van der Waals surface area contributed by atoms with Crippen molar-refractivity contribution in [3.63, 3.8) is 0 Å². The molecule has 3 rings (SSSR count). The number of carbonyl (C=O) groups is 1. The Morgan fingerprint density at radius 2 is 2.00 bits per heavy atom. The Bertz CT molecular complexity index is 516. The van der Waals surface area contributed by atoms with E-state index in [-0.39, 0.29) is 12.1 Å². The van der Waals surface area contributed by atoms with Crippen molar-refractivity contribution < 1.29 is 4.79 Å². The van der Waals surface area contributed by atoms with Gasteiger partial charge in [0.1, 0.15) is 0 Å². The molecule has 0 aromatic carbocycles. The van der Waals surface area contributed by atoms with E-state index in [0.717, 1.165) is 18.7 Å². The molecule has 22 heavy (non-hydrogen) atoms. The number of nitrogens with one attached hydrogen (secondary N) is 1. The molecule has 5 nitrogen and oxygen atoms in total. The highest BCUT2D eigenvalue weighted by Gasteiger charge is 2.39. The molecule has 1 N–H and O–H groups in total. The van der Waals surface area contributed by atoms with Crippen LogP contribution in [0.15, 0.2) is 12.4 Å². The lowest BCUT2D eigenvalue weighted by Gasteiger charge is -2.28. The zero-order chi connectivity index (χ0) is 15.6. The van der Waals surface area contributed by atoms with Gasteiger partial charge in [0.2, 0.25) is 0 Å². The third-order valence-corrected chi connectivity index (χ3v) is 5.45. The van der Waals surface area contributed by atoms with Crippen molar-refractivity contribution in [3.8, 4) is 0 Å². The number of aromatic nitrogens is 2. The van der Waals surface area contributed by atoms with E-state index in [2.05, 4.69) is 10.4 Å². The predicted molar refractivity (Wildman–Crippen MR) is 86.5 cm³/mol. The van der Waals surface area contributed by atoms with Crippen LogP contribution in [-0.4, -0.2) is 33.8 Å². The molecule has 1 atom stereocenters. The highest BCUT2D eigenvalue weighted by Crippen LogP contribution is 2.42. The zero-order valence-electron chi connectivity index (χ0n) is 13.8. The second-order valence-corrected chi connectivity index (χ2v) is 7.20. The van der Waals surface area contributed by atoms with Crippen molar-refractivity contribution in [1.82, 2.24) is 20.0 Å². The minimum absolute atomic E-state index is 0.00637. The molecule has 0 bridgehead atoms. The first-order valence-electron chi connectivity index (χ1n) is 8.62. The largest absolute Gasteiger partial charge is 0.331 e. The van der Waals surface area contributed by atoms with Gasteiger partial charge >= 0.3 is 6.03 Å². The van der Waals surface area contributed by atoms with Crippen LogP contribution in [0.2, 0.25) is 0 Å². The number of carbonyl (C=O) groups excluding carboxylic acids is 1. The van der Waals surface area contributed by atoms with Gasteiger partial charge in [0, 0.05) is 31.9 Å². The van der Waals surface area contributed by atoms with Gasteiger partial charge in [-0.3, -0.25) is 4.68 Å². The van der Waals surface area contributed by atoms with Crippen LogP contribution < -0.4 is 5.32 Å². The minimum atomic E-state index is 0.00637. The molecule has 5 heteroatoms. The second-order valence-electron chi connectivity index (χ2n) is 7.20. The molecule has 1 aliphatic heterocycles. The van der Waals surface area contributed by atoms with Crippen molar-refractivity contribution >= 4 is 6.03 Å². The maximum atomic E-state index is 12.5. The molecule has 1 unspecified atom stereocenters. The van der Waals surface area contributed by atoms with Gasteiger partial charge in [0.25, 0.3) is 0 Å². The first-order chi connectivity index (χ1) is 10.6. The van der Waals surface area contributed by atoms with Gasteiger partial charge in [-0.15, -0.1) is 0 Å². The summed E-state index contributed by atoms with van der Waals surface area (Å²) in [6.07, 6.45) is 13.0. The smallest absolute Gasteiger partial charge is 0.317 e. The number of aryl methyl sites for hydroxylation is 1. The summed E-state index contributed by atoms with van der Waals surface area (Å²) >= 11 is 0. The van der Waals surface area contributed by atoms with Crippen molar-refractivity contribution in [2.45, 2.75) is 57.9 Å². The van der Waals surface area contributed by atoms with Crippen LogP contribution in [0, 0.1) is 5.41 Å². The number of nitrogens with zero attached hydrogens (tertiary/aromatic N) is 3. The van der Waals surface area contributed by atoms with E-state index in [1.807, 2.05) is 31.3 Å². The van der Waals surface area contributed by atoms with Crippen LogP contribution in [0.1, 0.15) is 63.5 Å². The summed E-state index contributed by atoms with van der Waals surface area (Å²) in [6.45, 7) is 3.87. The molecule has 1 saturated heterocycles. The number of amides is 2. The third-order valence-electron chi connectivity index (χ3n) is 5.45. The highest BCUT2D eigenvalue weighted by molar-refractivity contribution is 5.75. The van der Waals surface area contributed by atoms with E-state index in [9.17, 15) is 4.79 Å². The van der Waals surface area contributed by atoms with Gasteiger partial charge < -0.3 is 10.2 Å². The first kappa shape index (κ1) is 15.4. The summed E-state index contributed by atoms with van der Waals surface area (Å²) in [6, 6.07) is 0.0874. The molecule has 2 fully saturated rings. The maximum absolute atomic E-state index is 12.5. The molecule has 1 spiro atoms. The molecule has 1 saturated carbocycles. The summed E-state index contributed by atoms with van der Waals surface area (Å²) < 4.78 is 1.77. The van der Waals surface area contributed by atoms with Crippen LogP contribution in [0.25, 0.3) is 0 Å². The van der Waals surface area contributed by atoms with Gasteiger partial charge in [0.15, 0.2) is 0 Å². The van der Waals surface area contributed by atoms with Crippen LogP contribution in [0.4, 0.5) is 4.79 Å². The molecular weight excluding hydrogens is 276 g/mol. The number of hydrogen-bond donors (Lipinski definition) is 1. The Kier molecular flexibility index (Phi) is 4.41. The Morgan fingerprint density at radius 3 is 2.64 bits per heavy atom. The predicted octanol–water partition coefficient (Wildman–Crippen LogP) is 3.24. The van der Waals surface area contributed by atoms with Crippen LogP contribution >= 0.6 is 0 Å². The van der Waals surface area contributed by atoms with Crippen molar-refractivity contribution in [2.24, 2.45) is 12.5 Å². The fraction of sp³-hybridized carbons (Fsp3) is 0.765. The van der Waals surface area contributed by atoms with Crippen molar-refractivity contribution in [1.29, 1.82) is 0 Å². The van der Waals surface area contributed by atoms with Gasteiger partial charge in [-0.1, -0.05) is 25.7 Å². The molecule has 1 aliphatic carbocycles. The molecular formula is C17H28N4O. The lowest BCUT2D eigenvalue weighted by Crippen LogP contribution is -2.40. The third kappa shape index (κ3) is 3.28. The molecule has 1 aromatic heterocycles. The van der Waals surface area contributed by atoms with E-state index >= 15 is 0 Å². The van der Waals surface area contributed by atoms with Crippen LogP contribution in [0.3, 0.4) is 0 Å². The summed E-state index contributed by atoms with van der Waals surface area (Å²) in [5.41, 5.74) is 1.46. The van der Waals surface area contributed by atoms with E-state index in [0.29, 0.717) is 5.41 Å². The Hall–Kier alpha value is -1.52. The fourth-order valence-electron chi connectivity index (χ4n) is 4.02. The molecule has 1 aromatic rings. The van der Waals surface area contributed by atoms with E-state index in [1.165, 1.54) is 44.9 Å². The van der Waals surface area contributed by atoms with Gasteiger partial charge in [0.05, 0.1) is 12.2 Å². The Labute approximate surface area is 133 Å². The summed E-state index contributed by atoms with van der Waals surface area (Å²) in [7, 11) is 1.90. The Balaban J connectivity index is 1.57. The van der Waals surface area contributed by atoms with E-state index < -0.39 is 0 Å².